The van der Waals surface area contributed by atoms with Gasteiger partial charge in [0.25, 0.3) is 5.24 Å². The van der Waals surface area contributed by atoms with Gasteiger partial charge in [-0.05, 0) is 35.9 Å². The van der Waals surface area contributed by atoms with E-state index >= 15 is 0 Å². The average molecular weight is 325 g/mol. The van der Waals surface area contributed by atoms with Gasteiger partial charge >= 0.3 is 0 Å². The van der Waals surface area contributed by atoms with E-state index in [0.29, 0.717) is 33.4 Å². The van der Waals surface area contributed by atoms with Crippen LogP contribution >= 0.6 is 23.2 Å². The fourth-order valence-electron chi connectivity index (χ4n) is 2.06. The molecule has 0 fully saturated rings. The molecule has 0 spiro atoms. The van der Waals surface area contributed by atoms with E-state index in [1.807, 2.05) is 0 Å². The Morgan fingerprint density at radius 2 is 2.00 bits per heavy atom. The van der Waals surface area contributed by atoms with Gasteiger partial charge in [0.15, 0.2) is 11.5 Å². The number of hydrogen-bond acceptors (Lipinski definition) is 4. The maximum atomic E-state index is 11.4. The second-order valence-corrected chi connectivity index (χ2v) is 5.07. The Balaban J connectivity index is 1.86. The molecular weight excluding hydrogens is 315 g/mol. The number of halogens is 2. The average Bonchev–Trinajstić information content (AvgIpc) is 2.94. The number of carbonyl (C=O) groups excluding carboxylic acids is 1. The molecule has 2 aromatic rings. The molecule has 1 aliphatic heterocycles. The predicted molar refractivity (Wildman–Crippen MR) is 78.5 cm³/mol. The quantitative estimate of drug-likeness (QED) is 0.796. The van der Waals surface area contributed by atoms with E-state index in [2.05, 4.69) is 0 Å². The molecule has 0 aliphatic carbocycles. The van der Waals surface area contributed by atoms with Crippen LogP contribution in [-0.2, 0) is 6.61 Å². The van der Waals surface area contributed by atoms with Gasteiger partial charge in [-0.25, -0.2) is 0 Å². The third kappa shape index (κ3) is 2.77. The lowest BCUT2D eigenvalue weighted by atomic mass is 10.1. The van der Waals surface area contributed by atoms with E-state index in [1.165, 1.54) is 0 Å². The van der Waals surface area contributed by atoms with E-state index in [9.17, 15) is 4.79 Å². The molecule has 0 unspecified atom stereocenters. The molecule has 0 radical (unpaired) electrons. The highest BCUT2D eigenvalue weighted by molar-refractivity contribution is 6.68. The molecular formula is C15H10Cl2O4. The molecule has 3 rings (SSSR count). The van der Waals surface area contributed by atoms with Gasteiger partial charge in [0, 0.05) is 16.1 Å². The lowest BCUT2D eigenvalue weighted by Gasteiger charge is -2.12. The Kier molecular flexibility index (Phi) is 3.90. The van der Waals surface area contributed by atoms with Crippen molar-refractivity contribution in [1.29, 1.82) is 0 Å². The minimum absolute atomic E-state index is 0.104. The van der Waals surface area contributed by atoms with Crippen LogP contribution in [0.1, 0.15) is 15.9 Å². The van der Waals surface area contributed by atoms with Crippen molar-refractivity contribution in [3.8, 4) is 17.2 Å². The maximum absolute atomic E-state index is 11.4. The summed E-state index contributed by atoms with van der Waals surface area (Å²) in [4.78, 5) is 11.4. The first-order chi connectivity index (χ1) is 10.2. The van der Waals surface area contributed by atoms with Crippen LogP contribution in [0.25, 0.3) is 0 Å². The Hall–Kier alpha value is -1.91. The summed E-state index contributed by atoms with van der Waals surface area (Å²) in [6.07, 6.45) is 0. The summed E-state index contributed by atoms with van der Waals surface area (Å²) >= 11 is 11.7. The summed E-state index contributed by atoms with van der Waals surface area (Å²) in [5, 5.41) is -0.153. The zero-order valence-corrected chi connectivity index (χ0v) is 12.3. The molecule has 0 bridgehead atoms. The highest BCUT2D eigenvalue weighted by Gasteiger charge is 2.19. The van der Waals surface area contributed by atoms with Gasteiger partial charge in [0.05, 0.1) is 0 Å². The summed E-state index contributed by atoms with van der Waals surface area (Å²) in [6, 6.07) is 10.3. The summed E-state index contributed by atoms with van der Waals surface area (Å²) < 4.78 is 16.3. The Morgan fingerprint density at radius 3 is 2.81 bits per heavy atom. The second-order valence-electron chi connectivity index (χ2n) is 4.32. The zero-order chi connectivity index (χ0) is 14.8. The van der Waals surface area contributed by atoms with Crippen LogP contribution in [0.4, 0.5) is 0 Å². The number of para-hydroxylation sites is 1. The van der Waals surface area contributed by atoms with E-state index in [1.54, 1.807) is 36.4 Å². The van der Waals surface area contributed by atoms with Gasteiger partial charge in [-0.15, -0.1) is 0 Å². The number of ether oxygens (including phenoxy) is 3. The largest absolute Gasteiger partial charge is 0.485 e. The number of carbonyl (C=O) groups is 1. The minimum Gasteiger partial charge on any atom is -0.485 e. The van der Waals surface area contributed by atoms with Gasteiger partial charge in [0.2, 0.25) is 12.5 Å². The van der Waals surface area contributed by atoms with Crippen LogP contribution in [0.5, 0.6) is 17.2 Å². The predicted octanol–water partition coefficient (Wildman–Crippen LogP) is 4.03. The molecule has 1 aliphatic rings. The van der Waals surface area contributed by atoms with Crippen molar-refractivity contribution in [2.75, 3.05) is 6.79 Å². The lowest BCUT2D eigenvalue weighted by Crippen LogP contribution is -2.04. The van der Waals surface area contributed by atoms with E-state index < -0.39 is 5.24 Å². The Morgan fingerprint density at radius 1 is 1.19 bits per heavy atom. The van der Waals surface area contributed by atoms with E-state index in [0.717, 1.165) is 0 Å². The number of hydrogen-bond donors (Lipinski definition) is 0. The first kappa shape index (κ1) is 14.0. The van der Waals surface area contributed by atoms with Crippen molar-refractivity contribution >= 4 is 28.4 Å². The van der Waals surface area contributed by atoms with Crippen LogP contribution < -0.4 is 14.2 Å². The Labute approximate surface area is 131 Å². The first-order valence-corrected chi connectivity index (χ1v) is 6.91. The van der Waals surface area contributed by atoms with Crippen LogP contribution in [0.15, 0.2) is 36.4 Å². The monoisotopic (exact) mass is 324 g/mol. The molecule has 0 N–H and O–H groups in total. The van der Waals surface area contributed by atoms with Gasteiger partial charge in [-0.2, -0.15) is 0 Å². The minimum atomic E-state index is -0.575. The highest BCUT2D eigenvalue weighted by atomic mass is 35.5. The topological polar surface area (TPSA) is 44.8 Å². The molecule has 0 amide bonds. The van der Waals surface area contributed by atoms with E-state index in [4.69, 9.17) is 37.4 Å². The van der Waals surface area contributed by atoms with Crippen molar-refractivity contribution in [2.24, 2.45) is 0 Å². The molecule has 0 atom stereocenters. The molecule has 108 valence electrons. The van der Waals surface area contributed by atoms with Gasteiger partial charge in [-0.1, -0.05) is 23.7 Å². The van der Waals surface area contributed by atoms with Crippen LogP contribution in [0.2, 0.25) is 5.02 Å². The van der Waals surface area contributed by atoms with Crippen LogP contribution in [-0.4, -0.2) is 12.0 Å². The molecule has 0 saturated heterocycles. The van der Waals surface area contributed by atoms with Crippen LogP contribution in [0, 0.1) is 0 Å². The summed E-state index contributed by atoms with van der Waals surface area (Å²) in [7, 11) is 0. The SMILES string of the molecule is O=C(Cl)c1cccc(Cl)c1COc1cccc2c1OCO2. The fourth-order valence-corrected chi connectivity index (χ4v) is 2.46. The third-order valence-electron chi connectivity index (χ3n) is 3.06. The van der Waals surface area contributed by atoms with Crippen LogP contribution in [0.3, 0.4) is 0 Å². The standard InChI is InChI=1S/C15H10Cl2O4/c16-11-4-1-3-9(15(17)18)10(11)7-19-12-5-2-6-13-14(12)21-8-20-13/h1-6H,7-8H2. The van der Waals surface area contributed by atoms with Gasteiger partial charge in [-0.3, -0.25) is 4.79 Å². The van der Waals surface area contributed by atoms with Crippen molar-refractivity contribution in [2.45, 2.75) is 6.61 Å². The fraction of sp³-hybridized carbons (Fsp3) is 0.133. The normalized spacial score (nSPS) is 12.3. The molecule has 0 aromatic heterocycles. The zero-order valence-electron chi connectivity index (χ0n) is 10.8. The molecule has 0 saturated carbocycles. The van der Waals surface area contributed by atoms with Gasteiger partial charge < -0.3 is 14.2 Å². The molecule has 4 nitrogen and oxygen atoms in total. The second kappa shape index (κ2) is 5.84. The highest BCUT2D eigenvalue weighted by Crippen LogP contribution is 2.41. The molecule has 21 heavy (non-hydrogen) atoms. The maximum Gasteiger partial charge on any atom is 0.252 e. The lowest BCUT2D eigenvalue weighted by molar-refractivity contribution is 0.107. The Bertz CT molecular complexity index is 700. The first-order valence-electron chi connectivity index (χ1n) is 6.15. The van der Waals surface area contributed by atoms with Crippen molar-refractivity contribution in [3.63, 3.8) is 0 Å². The number of fused-ring (bicyclic) bond motifs is 1. The van der Waals surface area contributed by atoms with Crippen molar-refractivity contribution < 1.29 is 19.0 Å². The summed E-state index contributed by atoms with van der Waals surface area (Å²) in [5.74, 6) is 1.70. The van der Waals surface area contributed by atoms with E-state index in [-0.39, 0.29) is 13.4 Å². The van der Waals surface area contributed by atoms with Crippen molar-refractivity contribution in [1.82, 2.24) is 0 Å². The number of rotatable bonds is 4. The summed E-state index contributed by atoms with van der Waals surface area (Å²) in [5.41, 5.74) is 0.865. The number of benzene rings is 2. The summed E-state index contributed by atoms with van der Waals surface area (Å²) in [6.45, 7) is 0.264. The third-order valence-corrected chi connectivity index (χ3v) is 3.62. The molecule has 2 aromatic carbocycles. The van der Waals surface area contributed by atoms with Gasteiger partial charge in [0.1, 0.15) is 6.61 Å². The molecule has 6 heteroatoms. The smallest absolute Gasteiger partial charge is 0.252 e. The van der Waals surface area contributed by atoms with Crippen molar-refractivity contribution in [3.05, 3.63) is 52.5 Å². The molecule has 1 heterocycles.